The number of nitrogen functional groups attached to an aromatic ring is 1. The van der Waals surface area contributed by atoms with Crippen LogP contribution >= 0.6 is 0 Å². The average molecular weight is 205 g/mol. The Morgan fingerprint density at radius 2 is 2.07 bits per heavy atom. The van der Waals surface area contributed by atoms with Crippen LogP contribution in [0.3, 0.4) is 0 Å². The zero-order valence-corrected chi connectivity index (χ0v) is 7.97. The summed E-state index contributed by atoms with van der Waals surface area (Å²) in [6, 6.07) is 8.22. The van der Waals surface area contributed by atoms with E-state index in [9.17, 15) is 0 Å². The number of H-pyrrole nitrogens is 1. The predicted molar refractivity (Wildman–Crippen MR) is 55.4 cm³/mol. The van der Waals surface area contributed by atoms with Crippen molar-refractivity contribution in [3.63, 3.8) is 0 Å². The second-order valence-corrected chi connectivity index (χ2v) is 3.10. The lowest BCUT2D eigenvalue weighted by atomic mass is 10.3. The van der Waals surface area contributed by atoms with Crippen molar-refractivity contribution in [2.45, 2.75) is 6.61 Å². The highest BCUT2D eigenvalue weighted by Crippen LogP contribution is 2.17. The van der Waals surface area contributed by atoms with E-state index >= 15 is 0 Å². The van der Waals surface area contributed by atoms with Crippen LogP contribution in [0.5, 0.6) is 11.5 Å². The highest BCUT2D eigenvalue weighted by Gasteiger charge is 1.99. The minimum absolute atomic E-state index is 0.216. The summed E-state index contributed by atoms with van der Waals surface area (Å²) >= 11 is 0. The van der Waals surface area contributed by atoms with Gasteiger partial charge in [0.15, 0.2) is 0 Å². The number of nitrogens with two attached hydrogens (primary N) is 1. The van der Waals surface area contributed by atoms with E-state index in [1.165, 1.54) is 0 Å². The summed E-state index contributed by atoms with van der Waals surface area (Å²) in [6.07, 6.45) is 0. The first kappa shape index (κ1) is 9.39. The molecule has 0 saturated carbocycles. The van der Waals surface area contributed by atoms with Crippen LogP contribution in [-0.4, -0.2) is 15.3 Å². The second-order valence-electron chi connectivity index (χ2n) is 3.10. The van der Waals surface area contributed by atoms with Crippen molar-refractivity contribution >= 4 is 5.82 Å². The first-order valence-electron chi connectivity index (χ1n) is 4.45. The van der Waals surface area contributed by atoms with Crippen molar-refractivity contribution in [3.8, 4) is 11.5 Å². The van der Waals surface area contributed by atoms with Gasteiger partial charge in [0, 0.05) is 6.07 Å². The molecule has 15 heavy (non-hydrogen) atoms. The number of nitrogens with zero attached hydrogens (tertiary/aromatic N) is 1. The lowest BCUT2D eigenvalue weighted by Gasteiger charge is -2.03. The number of phenolic OH excluding ortho intramolecular Hbond substituents is 1. The number of aromatic hydroxyl groups is 1. The summed E-state index contributed by atoms with van der Waals surface area (Å²) in [5.41, 5.74) is 6.24. The summed E-state index contributed by atoms with van der Waals surface area (Å²) in [7, 11) is 0. The molecule has 5 heteroatoms. The Labute approximate surface area is 86.5 Å². The molecule has 4 N–H and O–H groups in total. The highest BCUT2D eigenvalue weighted by molar-refractivity contribution is 5.31. The van der Waals surface area contributed by atoms with E-state index in [0.717, 1.165) is 5.69 Å². The monoisotopic (exact) mass is 205 g/mol. The molecule has 2 aromatic rings. The van der Waals surface area contributed by atoms with Crippen molar-refractivity contribution in [2.24, 2.45) is 0 Å². The Kier molecular flexibility index (Phi) is 2.45. The molecule has 0 saturated heterocycles. The number of phenols is 1. The number of benzene rings is 1. The van der Waals surface area contributed by atoms with E-state index in [-0.39, 0.29) is 5.75 Å². The fraction of sp³-hybridized carbons (Fsp3) is 0.100. The minimum Gasteiger partial charge on any atom is -0.508 e. The van der Waals surface area contributed by atoms with Crippen LogP contribution in [-0.2, 0) is 6.61 Å². The van der Waals surface area contributed by atoms with Crippen LogP contribution in [0.4, 0.5) is 5.82 Å². The third-order valence-corrected chi connectivity index (χ3v) is 1.88. The Balaban J connectivity index is 1.96. The molecule has 1 aromatic carbocycles. The van der Waals surface area contributed by atoms with Crippen LogP contribution in [0.2, 0.25) is 0 Å². The predicted octanol–water partition coefficient (Wildman–Crippen LogP) is 1.28. The number of anilines is 1. The number of rotatable bonds is 3. The molecule has 0 bridgehead atoms. The van der Waals surface area contributed by atoms with Crippen LogP contribution in [0.15, 0.2) is 30.3 Å². The molecule has 1 aromatic heterocycles. The van der Waals surface area contributed by atoms with Crippen molar-refractivity contribution in [1.29, 1.82) is 0 Å². The zero-order valence-electron chi connectivity index (χ0n) is 7.97. The van der Waals surface area contributed by atoms with E-state index in [1.54, 1.807) is 30.3 Å². The summed E-state index contributed by atoms with van der Waals surface area (Å²) < 4.78 is 5.42. The first-order valence-corrected chi connectivity index (χ1v) is 4.45. The topological polar surface area (TPSA) is 84.2 Å². The van der Waals surface area contributed by atoms with Gasteiger partial charge in [-0.3, -0.25) is 5.10 Å². The number of ether oxygens (including phenoxy) is 1. The maximum absolute atomic E-state index is 9.06. The Morgan fingerprint density at radius 1 is 1.33 bits per heavy atom. The molecule has 0 fully saturated rings. The fourth-order valence-electron chi connectivity index (χ4n) is 1.16. The van der Waals surface area contributed by atoms with Gasteiger partial charge in [-0.15, -0.1) is 0 Å². The molecule has 0 atom stereocenters. The highest BCUT2D eigenvalue weighted by atomic mass is 16.5. The quantitative estimate of drug-likeness (QED) is 0.704. The molecule has 0 amide bonds. The lowest BCUT2D eigenvalue weighted by molar-refractivity contribution is 0.300. The molecule has 5 nitrogen and oxygen atoms in total. The van der Waals surface area contributed by atoms with Gasteiger partial charge in [-0.2, -0.15) is 5.10 Å². The normalized spacial score (nSPS) is 10.1. The number of nitrogens with one attached hydrogen (secondary N) is 1. The van der Waals surface area contributed by atoms with Gasteiger partial charge in [0.1, 0.15) is 23.9 Å². The number of aromatic nitrogens is 2. The van der Waals surface area contributed by atoms with Crippen molar-refractivity contribution in [1.82, 2.24) is 10.2 Å². The summed E-state index contributed by atoms with van der Waals surface area (Å²) in [5.74, 6) is 1.34. The van der Waals surface area contributed by atoms with E-state index in [1.807, 2.05) is 0 Å². The average Bonchev–Trinajstić information content (AvgIpc) is 2.64. The standard InChI is InChI=1S/C10H11N3O2/c11-10-5-7(12-13-10)6-15-9-3-1-8(14)2-4-9/h1-5,14H,6H2,(H3,11,12,13). The van der Waals surface area contributed by atoms with E-state index in [0.29, 0.717) is 18.2 Å². The Hall–Kier alpha value is -2.17. The molecular formula is C10H11N3O2. The van der Waals surface area contributed by atoms with Crippen LogP contribution in [0, 0.1) is 0 Å². The molecular weight excluding hydrogens is 194 g/mol. The number of hydrogen-bond acceptors (Lipinski definition) is 4. The fourth-order valence-corrected chi connectivity index (χ4v) is 1.16. The van der Waals surface area contributed by atoms with Crippen molar-refractivity contribution < 1.29 is 9.84 Å². The zero-order chi connectivity index (χ0) is 10.7. The van der Waals surface area contributed by atoms with Gasteiger partial charge in [0.05, 0.1) is 5.69 Å². The minimum atomic E-state index is 0.216. The maximum atomic E-state index is 9.06. The van der Waals surface area contributed by atoms with Gasteiger partial charge in [0.2, 0.25) is 0 Å². The van der Waals surface area contributed by atoms with E-state index in [2.05, 4.69) is 10.2 Å². The van der Waals surface area contributed by atoms with Gasteiger partial charge in [0.25, 0.3) is 0 Å². The number of aromatic amines is 1. The van der Waals surface area contributed by atoms with Crippen LogP contribution in [0.25, 0.3) is 0 Å². The Morgan fingerprint density at radius 3 is 2.67 bits per heavy atom. The SMILES string of the molecule is Nc1cc(COc2ccc(O)cc2)[nH]n1. The van der Waals surface area contributed by atoms with E-state index < -0.39 is 0 Å². The Bertz CT molecular complexity index is 436. The lowest BCUT2D eigenvalue weighted by Crippen LogP contribution is -1.95. The molecule has 0 aliphatic carbocycles. The van der Waals surface area contributed by atoms with Crippen molar-refractivity contribution in [2.75, 3.05) is 5.73 Å². The number of hydrogen-bond donors (Lipinski definition) is 3. The molecule has 2 rings (SSSR count). The van der Waals surface area contributed by atoms with Crippen LogP contribution < -0.4 is 10.5 Å². The molecule has 0 spiro atoms. The third-order valence-electron chi connectivity index (χ3n) is 1.88. The smallest absolute Gasteiger partial charge is 0.145 e. The molecule has 78 valence electrons. The maximum Gasteiger partial charge on any atom is 0.145 e. The summed E-state index contributed by atoms with van der Waals surface area (Å²) in [4.78, 5) is 0. The first-order chi connectivity index (χ1) is 7.24. The van der Waals surface area contributed by atoms with Gasteiger partial charge >= 0.3 is 0 Å². The van der Waals surface area contributed by atoms with Gasteiger partial charge in [-0.05, 0) is 24.3 Å². The largest absolute Gasteiger partial charge is 0.508 e. The van der Waals surface area contributed by atoms with Gasteiger partial charge in [-0.25, -0.2) is 0 Å². The van der Waals surface area contributed by atoms with Crippen LogP contribution in [0.1, 0.15) is 5.69 Å². The van der Waals surface area contributed by atoms with Crippen molar-refractivity contribution in [3.05, 3.63) is 36.0 Å². The molecule has 1 heterocycles. The summed E-state index contributed by atoms with van der Waals surface area (Å²) in [5, 5.41) is 15.6. The molecule has 0 radical (unpaired) electrons. The van der Waals surface area contributed by atoms with Gasteiger partial charge in [-0.1, -0.05) is 0 Å². The summed E-state index contributed by atoms with van der Waals surface area (Å²) in [6.45, 7) is 0.370. The second kappa shape index (κ2) is 3.91. The molecule has 0 aliphatic rings. The van der Waals surface area contributed by atoms with Gasteiger partial charge < -0.3 is 15.6 Å². The third kappa shape index (κ3) is 2.40. The molecule has 0 aliphatic heterocycles. The van der Waals surface area contributed by atoms with E-state index in [4.69, 9.17) is 15.6 Å². The molecule has 0 unspecified atom stereocenters.